The van der Waals surface area contributed by atoms with Crippen molar-refractivity contribution in [3.05, 3.63) is 65.0 Å². The average Bonchev–Trinajstić information content (AvgIpc) is 3.40. The standard InChI is InChI=1S/C24H24ClN3O4S/c25-19-5-8-22-21(16-19)26-24(32-22)18-10-13-27(14-11-18)23(29)9-4-17-2-6-20(7-3-17)28-12-1-15-33(28,30)31/h2-9,16,18H,1,10-15H2/b9-4+. The van der Waals surface area contributed by atoms with Gasteiger partial charge in [-0.25, -0.2) is 13.4 Å². The van der Waals surface area contributed by atoms with Crippen LogP contribution in [0.5, 0.6) is 0 Å². The fraction of sp³-hybridized carbons (Fsp3) is 0.333. The molecule has 0 radical (unpaired) electrons. The van der Waals surface area contributed by atoms with Gasteiger partial charge in [0.25, 0.3) is 0 Å². The van der Waals surface area contributed by atoms with E-state index in [2.05, 4.69) is 4.98 Å². The SMILES string of the molecule is O=C(/C=C/c1ccc(N2CCCS2(=O)=O)cc1)N1CCC(c2nc3cc(Cl)ccc3o2)CC1. The van der Waals surface area contributed by atoms with Gasteiger partial charge < -0.3 is 9.32 Å². The number of hydrogen-bond acceptors (Lipinski definition) is 5. The molecular formula is C24H24ClN3O4S. The third-order valence-corrected chi connectivity index (χ3v) is 8.33. The van der Waals surface area contributed by atoms with Crippen LogP contribution in [0.25, 0.3) is 17.2 Å². The van der Waals surface area contributed by atoms with Crippen molar-refractivity contribution < 1.29 is 17.6 Å². The van der Waals surface area contributed by atoms with Crippen molar-refractivity contribution in [2.24, 2.45) is 0 Å². The number of fused-ring (bicyclic) bond motifs is 1. The van der Waals surface area contributed by atoms with E-state index >= 15 is 0 Å². The molecule has 2 aromatic carbocycles. The lowest BCUT2D eigenvalue weighted by molar-refractivity contribution is -0.127. The summed E-state index contributed by atoms with van der Waals surface area (Å²) in [6, 6.07) is 12.6. The van der Waals surface area contributed by atoms with Crippen LogP contribution in [-0.2, 0) is 14.8 Å². The second-order valence-corrected chi connectivity index (χ2v) is 10.9. The largest absolute Gasteiger partial charge is 0.440 e. The number of sulfonamides is 1. The molecule has 33 heavy (non-hydrogen) atoms. The van der Waals surface area contributed by atoms with Gasteiger partial charge >= 0.3 is 0 Å². The first kappa shape index (κ1) is 22.0. The Morgan fingerprint density at radius 2 is 1.85 bits per heavy atom. The summed E-state index contributed by atoms with van der Waals surface area (Å²) in [4.78, 5) is 19.1. The molecule has 2 saturated heterocycles. The lowest BCUT2D eigenvalue weighted by Gasteiger charge is -2.29. The van der Waals surface area contributed by atoms with Crippen LogP contribution in [0.1, 0.15) is 36.6 Å². The van der Waals surface area contributed by atoms with Gasteiger partial charge in [-0.15, -0.1) is 0 Å². The fourth-order valence-electron chi connectivity index (χ4n) is 4.39. The van der Waals surface area contributed by atoms with E-state index in [4.69, 9.17) is 16.0 Å². The number of piperidine rings is 1. The number of aromatic nitrogens is 1. The van der Waals surface area contributed by atoms with Crippen LogP contribution in [0, 0.1) is 0 Å². The predicted octanol–water partition coefficient (Wildman–Crippen LogP) is 4.44. The minimum atomic E-state index is -3.19. The van der Waals surface area contributed by atoms with Crippen LogP contribution in [0.15, 0.2) is 53.0 Å². The molecule has 3 heterocycles. The molecule has 9 heteroatoms. The number of hydrogen-bond donors (Lipinski definition) is 0. The molecular weight excluding hydrogens is 462 g/mol. The number of carbonyl (C=O) groups excluding carboxylic acids is 1. The summed E-state index contributed by atoms with van der Waals surface area (Å²) in [6.07, 6.45) is 5.57. The van der Waals surface area contributed by atoms with Crippen molar-refractivity contribution in [2.45, 2.75) is 25.2 Å². The van der Waals surface area contributed by atoms with Crippen LogP contribution in [0.2, 0.25) is 5.02 Å². The Morgan fingerprint density at radius 1 is 1.09 bits per heavy atom. The molecule has 1 aromatic heterocycles. The molecule has 0 atom stereocenters. The highest BCUT2D eigenvalue weighted by atomic mass is 35.5. The van der Waals surface area contributed by atoms with E-state index in [9.17, 15) is 13.2 Å². The van der Waals surface area contributed by atoms with Crippen LogP contribution in [0.3, 0.4) is 0 Å². The molecule has 2 fully saturated rings. The molecule has 2 aliphatic rings. The zero-order valence-corrected chi connectivity index (χ0v) is 19.6. The monoisotopic (exact) mass is 485 g/mol. The Balaban J connectivity index is 1.18. The molecule has 0 bridgehead atoms. The van der Waals surface area contributed by atoms with Gasteiger partial charge in [0.15, 0.2) is 11.5 Å². The maximum Gasteiger partial charge on any atom is 0.246 e. The summed E-state index contributed by atoms with van der Waals surface area (Å²) in [5.74, 6) is 1.04. The van der Waals surface area contributed by atoms with Gasteiger partial charge in [0.1, 0.15) is 5.52 Å². The van der Waals surface area contributed by atoms with E-state index < -0.39 is 10.0 Å². The Hall–Kier alpha value is -2.84. The van der Waals surface area contributed by atoms with E-state index in [1.165, 1.54) is 4.31 Å². The van der Waals surface area contributed by atoms with E-state index in [-0.39, 0.29) is 17.6 Å². The van der Waals surface area contributed by atoms with Gasteiger partial charge in [-0.3, -0.25) is 9.10 Å². The van der Waals surface area contributed by atoms with Crippen LogP contribution < -0.4 is 4.31 Å². The Labute approximate surface area is 197 Å². The maximum absolute atomic E-state index is 12.7. The first-order valence-corrected chi connectivity index (χ1v) is 13.0. The number of halogens is 1. The highest BCUT2D eigenvalue weighted by Gasteiger charge is 2.28. The molecule has 172 valence electrons. The zero-order chi connectivity index (χ0) is 23.0. The number of rotatable bonds is 4. The lowest BCUT2D eigenvalue weighted by atomic mass is 9.96. The average molecular weight is 486 g/mol. The van der Waals surface area contributed by atoms with Gasteiger partial charge in [-0.05, 0) is 61.2 Å². The number of likely N-dealkylation sites (tertiary alicyclic amines) is 1. The Bertz CT molecular complexity index is 1310. The van der Waals surface area contributed by atoms with Gasteiger partial charge in [-0.1, -0.05) is 23.7 Å². The molecule has 0 aliphatic carbocycles. The molecule has 0 N–H and O–H groups in total. The summed E-state index contributed by atoms with van der Waals surface area (Å²) in [7, 11) is -3.19. The van der Waals surface area contributed by atoms with Crippen LogP contribution in [0.4, 0.5) is 5.69 Å². The van der Waals surface area contributed by atoms with E-state index in [1.54, 1.807) is 36.4 Å². The van der Waals surface area contributed by atoms with E-state index in [0.717, 1.165) is 29.5 Å². The highest BCUT2D eigenvalue weighted by Crippen LogP contribution is 2.31. The van der Waals surface area contributed by atoms with E-state index in [0.29, 0.717) is 42.7 Å². The first-order valence-electron chi connectivity index (χ1n) is 11.0. The number of benzene rings is 2. The Morgan fingerprint density at radius 3 is 2.55 bits per heavy atom. The number of oxazole rings is 1. The first-order chi connectivity index (χ1) is 15.9. The molecule has 3 aromatic rings. The molecule has 5 rings (SSSR count). The molecule has 0 spiro atoms. The molecule has 7 nitrogen and oxygen atoms in total. The van der Waals surface area contributed by atoms with Gasteiger partial charge in [0.2, 0.25) is 15.9 Å². The number of nitrogens with zero attached hydrogens (tertiary/aromatic N) is 3. The summed E-state index contributed by atoms with van der Waals surface area (Å²) in [5.41, 5.74) is 3.00. The van der Waals surface area contributed by atoms with Crippen molar-refractivity contribution in [1.82, 2.24) is 9.88 Å². The summed E-state index contributed by atoms with van der Waals surface area (Å²) in [6.45, 7) is 1.79. The summed E-state index contributed by atoms with van der Waals surface area (Å²) >= 11 is 6.03. The van der Waals surface area contributed by atoms with Crippen molar-refractivity contribution in [1.29, 1.82) is 0 Å². The fourth-order valence-corrected chi connectivity index (χ4v) is 6.12. The third-order valence-electron chi connectivity index (χ3n) is 6.22. The highest BCUT2D eigenvalue weighted by molar-refractivity contribution is 7.93. The van der Waals surface area contributed by atoms with E-state index in [1.807, 2.05) is 23.1 Å². The summed E-state index contributed by atoms with van der Waals surface area (Å²) in [5, 5.41) is 0.630. The topological polar surface area (TPSA) is 83.7 Å². The third kappa shape index (κ3) is 4.63. The van der Waals surface area contributed by atoms with Crippen LogP contribution >= 0.6 is 11.6 Å². The quantitative estimate of drug-likeness (QED) is 0.510. The normalized spacial score (nSPS) is 19.1. The lowest BCUT2D eigenvalue weighted by Crippen LogP contribution is -2.36. The Kier molecular flexibility index (Phi) is 5.88. The molecule has 1 amide bonds. The zero-order valence-electron chi connectivity index (χ0n) is 18.0. The second kappa shape index (κ2) is 8.83. The van der Waals surface area contributed by atoms with Crippen molar-refractivity contribution in [3.63, 3.8) is 0 Å². The van der Waals surface area contributed by atoms with Gasteiger partial charge in [-0.2, -0.15) is 0 Å². The molecule has 0 saturated carbocycles. The molecule has 0 unspecified atom stereocenters. The maximum atomic E-state index is 12.7. The van der Waals surface area contributed by atoms with Crippen molar-refractivity contribution >= 4 is 50.4 Å². The van der Waals surface area contributed by atoms with Gasteiger partial charge in [0.05, 0.1) is 11.4 Å². The van der Waals surface area contributed by atoms with Gasteiger partial charge in [0, 0.05) is 36.7 Å². The molecule has 2 aliphatic heterocycles. The smallest absolute Gasteiger partial charge is 0.246 e. The van der Waals surface area contributed by atoms with Crippen molar-refractivity contribution in [3.8, 4) is 0 Å². The summed E-state index contributed by atoms with van der Waals surface area (Å²) < 4.78 is 31.5. The number of carbonyl (C=O) groups is 1. The number of amides is 1. The number of anilines is 1. The second-order valence-electron chi connectivity index (χ2n) is 8.43. The minimum Gasteiger partial charge on any atom is -0.440 e. The predicted molar refractivity (Wildman–Crippen MR) is 129 cm³/mol. The minimum absolute atomic E-state index is 0.0380. The van der Waals surface area contributed by atoms with Crippen LogP contribution in [-0.4, -0.2) is 49.6 Å². The van der Waals surface area contributed by atoms with Crippen molar-refractivity contribution in [2.75, 3.05) is 29.7 Å².